The first-order valence-electron chi connectivity index (χ1n) is 11.8. The third-order valence-corrected chi connectivity index (χ3v) is 7.58. The van der Waals surface area contributed by atoms with Gasteiger partial charge in [0.1, 0.15) is 11.9 Å². The molecule has 1 amide bonds. The number of fused-ring (bicyclic) bond motifs is 1. The quantitative estimate of drug-likeness (QED) is 0.630. The molecule has 0 N–H and O–H groups in total. The van der Waals surface area contributed by atoms with Gasteiger partial charge in [0.2, 0.25) is 5.75 Å². The van der Waals surface area contributed by atoms with Crippen molar-refractivity contribution in [2.75, 3.05) is 26.2 Å². The molecule has 1 aliphatic carbocycles. The number of ketones is 1. The van der Waals surface area contributed by atoms with Gasteiger partial charge in [-0.3, -0.25) is 14.5 Å². The second-order valence-corrected chi connectivity index (χ2v) is 9.63. The van der Waals surface area contributed by atoms with Gasteiger partial charge in [0, 0.05) is 6.07 Å². The summed E-state index contributed by atoms with van der Waals surface area (Å²) in [5.74, 6) is 2.24. The highest BCUT2D eigenvalue weighted by Gasteiger charge is 2.54. The van der Waals surface area contributed by atoms with Crippen molar-refractivity contribution in [3.63, 3.8) is 0 Å². The SMILES string of the molecule is COc1cc(C2C3=C(OC4CC(C)C(C)CC4C3=O)C(=O)N2c2cc(C)on2)cc(OC)c1OC. The van der Waals surface area contributed by atoms with Crippen molar-refractivity contribution >= 4 is 17.5 Å². The molecule has 0 bridgehead atoms. The molecule has 9 nitrogen and oxygen atoms in total. The number of hydrogen-bond donors (Lipinski definition) is 0. The molecule has 2 aliphatic heterocycles. The predicted octanol–water partition coefficient (Wildman–Crippen LogP) is 4.00. The van der Waals surface area contributed by atoms with E-state index in [-0.39, 0.29) is 23.6 Å². The molecule has 3 aliphatic rings. The van der Waals surface area contributed by atoms with Crippen LogP contribution in [0.5, 0.6) is 17.2 Å². The maximum absolute atomic E-state index is 14.0. The molecule has 3 heterocycles. The lowest BCUT2D eigenvalue weighted by Gasteiger charge is -2.40. The Bertz CT molecular complexity index is 1190. The largest absolute Gasteiger partial charge is 0.493 e. The van der Waals surface area contributed by atoms with Crippen LogP contribution < -0.4 is 19.1 Å². The van der Waals surface area contributed by atoms with Crippen LogP contribution in [-0.4, -0.2) is 44.3 Å². The van der Waals surface area contributed by atoms with Gasteiger partial charge >= 0.3 is 0 Å². The Morgan fingerprint density at radius 2 is 1.63 bits per heavy atom. The molecule has 186 valence electrons. The number of rotatable bonds is 5. The van der Waals surface area contributed by atoms with Crippen molar-refractivity contribution < 1.29 is 33.1 Å². The van der Waals surface area contributed by atoms with Crippen molar-refractivity contribution in [2.24, 2.45) is 17.8 Å². The minimum Gasteiger partial charge on any atom is -0.493 e. The topological polar surface area (TPSA) is 100 Å². The zero-order chi connectivity index (χ0) is 25.0. The molecule has 35 heavy (non-hydrogen) atoms. The smallest absolute Gasteiger partial charge is 0.295 e. The van der Waals surface area contributed by atoms with Crippen molar-refractivity contribution in [2.45, 2.75) is 45.8 Å². The lowest BCUT2D eigenvalue weighted by atomic mass is 9.70. The van der Waals surface area contributed by atoms with Crippen LogP contribution in [0.4, 0.5) is 5.82 Å². The number of anilines is 1. The molecule has 1 fully saturated rings. The van der Waals surface area contributed by atoms with Gasteiger partial charge in [-0.05, 0) is 49.3 Å². The van der Waals surface area contributed by atoms with Gasteiger partial charge in [-0.2, -0.15) is 0 Å². The highest BCUT2D eigenvalue weighted by Crippen LogP contribution is 2.51. The zero-order valence-corrected chi connectivity index (χ0v) is 20.8. The Kier molecular flexibility index (Phi) is 5.73. The Morgan fingerprint density at radius 3 is 2.20 bits per heavy atom. The number of Topliss-reactive ketones (excluding diaryl/α,β-unsaturated/α-hetero) is 1. The van der Waals surface area contributed by atoms with Crippen LogP contribution in [-0.2, 0) is 14.3 Å². The maximum atomic E-state index is 14.0. The monoisotopic (exact) mass is 482 g/mol. The van der Waals surface area contributed by atoms with Gasteiger partial charge in [0.05, 0.1) is 38.9 Å². The molecular formula is C26H30N2O7. The molecule has 9 heteroatoms. The van der Waals surface area contributed by atoms with E-state index in [0.717, 1.165) is 12.8 Å². The number of aryl methyl sites for hydroxylation is 1. The van der Waals surface area contributed by atoms with Crippen LogP contribution in [0.15, 0.2) is 34.1 Å². The van der Waals surface area contributed by atoms with E-state index in [1.807, 2.05) is 0 Å². The first kappa shape index (κ1) is 23.3. The third kappa shape index (κ3) is 3.56. The number of carbonyl (C=O) groups is 2. The number of carbonyl (C=O) groups excluding carboxylic acids is 2. The molecule has 0 saturated heterocycles. The Labute approximate surface area is 203 Å². The van der Waals surface area contributed by atoms with Gasteiger partial charge in [0.25, 0.3) is 5.91 Å². The highest BCUT2D eigenvalue weighted by atomic mass is 16.5. The first-order valence-corrected chi connectivity index (χ1v) is 11.8. The molecule has 1 aromatic heterocycles. The van der Waals surface area contributed by atoms with Crippen LogP contribution in [0.3, 0.4) is 0 Å². The molecule has 5 rings (SSSR count). The summed E-state index contributed by atoms with van der Waals surface area (Å²) in [6.07, 6.45) is 1.15. The third-order valence-electron chi connectivity index (χ3n) is 7.58. The number of ether oxygens (including phenoxy) is 4. The maximum Gasteiger partial charge on any atom is 0.295 e. The van der Waals surface area contributed by atoms with Crippen LogP contribution in [0.2, 0.25) is 0 Å². The summed E-state index contributed by atoms with van der Waals surface area (Å²) in [5.41, 5.74) is 0.957. The number of nitrogens with zero attached hydrogens (tertiary/aromatic N) is 2. The Hall–Kier alpha value is -3.49. The van der Waals surface area contributed by atoms with Crippen molar-refractivity contribution in [1.82, 2.24) is 5.16 Å². The van der Waals surface area contributed by atoms with E-state index in [0.29, 0.717) is 51.8 Å². The van der Waals surface area contributed by atoms with Gasteiger partial charge in [-0.25, -0.2) is 0 Å². The predicted molar refractivity (Wildman–Crippen MR) is 126 cm³/mol. The van der Waals surface area contributed by atoms with Gasteiger partial charge in [-0.15, -0.1) is 0 Å². The van der Waals surface area contributed by atoms with Crippen molar-refractivity contribution in [1.29, 1.82) is 0 Å². The number of benzene rings is 1. The Balaban J connectivity index is 1.69. The van der Waals surface area contributed by atoms with E-state index in [9.17, 15) is 9.59 Å². The van der Waals surface area contributed by atoms with Gasteiger partial charge < -0.3 is 23.5 Å². The number of hydrogen-bond acceptors (Lipinski definition) is 8. The van der Waals surface area contributed by atoms with E-state index in [1.54, 1.807) is 25.1 Å². The lowest BCUT2D eigenvalue weighted by molar-refractivity contribution is -0.134. The molecular weight excluding hydrogens is 452 g/mol. The van der Waals surface area contributed by atoms with E-state index >= 15 is 0 Å². The number of methoxy groups -OCH3 is 3. The van der Waals surface area contributed by atoms with Crippen molar-refractivity contribution in [3.8, 4) is 17.2 Å². The van der Waals surface area contributed by atoms with Gasteiger partial charge in [-0.1, -0.05) is 19.0 Å². The van der Waals surface area contributed by atoms with Crippen LogP contribution in [0.25, 0.3) is 0 Å². The number of amides is 1. The van der Waals surface area contributed by atoms with E-state index in [4.69, 9.17) is 23.5 Å². The molecule has 1 saturated carbocycles. The lowest BCUT2D eigenvalue weighted by Crippen LogP contribution is -2.43. The Morgan fingerprint density at radius 1 is 0.971 bits per heavy atom. The average molecular weight is 483 g/mol. The second-order valence-electron chi connectivity index (χ2n) is 9.63. The molecule has 0 radical (unpaired) electrons. The van der Waals surface area contributed by atoms with Gasteiger partial charge in [0.15, 0.2) is 28.9 Å². The summed E-state index contributed by atoms with van der Waals surface area (Å²) < 4.78 is 28.2. The molecule has 5 atom stereocenters. The summed E-state index contributed by atoms with van der Waals surface area (Å²) >= 11 is 0. The number of aromatic nitrogens is 1. The molecule has 2 aromatic rings. The average Bonchev–Trinajstić information content (AvgIpc) is 3.40. The van der Waals surface area contributed by atoms with E-state index in [1.165, 1.54) is 26.2 Å². The minimum atomic E-state index is -0.779. The molecule has 1 aromatic carbocycles. The summed E-state index contributed by atoms with van der Waals surface area (Å²) in [7, 11) is 4.57. The fraction of sp³-hybridized carbons (Fsp3) is 0.500. The summed E-state index contributed by atoms with van der Waals surface area (Å²) in [6.45, 7) is 6.08. The van der Waals surface area contributed by atoms with E-state index < -0.39 is 11.9 Å². The van der Waals surface area contributed by atoms with Crippen LogP contribution in [0, 0.1) is 24.7 Å². The summed E-state index contributed by atoms with van der Waals surface area (Å²) in [6, 6.07) is 4.39. The molecule has 0 spiro atoms. The van der Waals surface area contributed by atoms with Crippen LogP contribution in [0.1, 0.15) is 44.1 Å². The highest BCUT2D eigenvalue weighted by molar-refractivity contribution is 6.17. The fourth-order valence-electron chi connectivity index (χ4n) is 5.54. The summed E-state index contributed by atoms with van der Waals surface area (Å²) in [4.78, 5) is 29.2. The summed E-state index contributed by atoms with van der Waals surface area (Å²) in [5, 5.41) is 4.09. The second kappa shape index (κ2) is 8.62. The molecule has 5 unspecified atom stereocenters. The van der Waals surface area contributed by atoms with Crippen LogP contribution >= 0.6 is 0 Å². The first-order chi connectivity index (χ1) is 16.8. The van der Waals surface area contributed by atoms with E-state index in [2.05, 4.69) is 19.0 Å². The van der Waals surface area contributed by atoms with Crippen molar-refractivity contribution in [3.05, 3.63) is 40.9 Å². The minimum absolute atomic E-state index is 0.0511. The zero-order valence-electron chi connectivity index (χ0n) is 20.8. The fourth-order valence-corrected chi connectivity index (χ4v) is 5.54. The standard InChI is InChI=1S/C26H30N2O7/c1-12-7-16-17(8-13(12)2)34-25-21(23(16)29)22(28(26(25)30)20-9-14(3)35-27-20)15-10-18(31-4)24(33-6)19(11-15)32-5/h9-13,16-17,22H,7-8H2,1-6H3. The normalized spacial score (nSPS) is 27.9.